The minimum atomic E-state index is 0.565. The van der Waals surface area contributed by atoms with Crippen LogP contribution in [0.4, 0.5) is 0 Å². The van der Waals surface area contributed by atoms with Crippen molar-refractivity contribution in [3.8, 4) is 5.75 Å². The fourth-order valence-corrected chi connectivity index (χ4v) is 4.27. The van der Waals surface area contributed by atoms with E-state index in [0.29, 0.717) is 6.04 Å². The molecule has 0 bridgehead atoms. The molecular weight excluding hydrogens is 246 g/mol. The maximum absolute atomic E-state index is 5.38. The molecule has 1 saturated carbocycles. The van der Waals surface area contributed by atoms with Crippen LogP contribution in [0.5, 0.6) is 5.75 Å². The number of methoxy groups -OCH3 is 1. The SMILES string of the molecule is CCC1CCCCC1C1NCCc2cc(OC)ccc21. The van der Waals surface area contributed by atoms with Gasteiger partial charge in [-0.2, -0.15) is 0 Å². The zero-order valence-corrected chi connectivity index (χ0v) is 12.8. The van der Waals surface area contributed by atoms with Crippen LogP contribution in [0, 0.1) is 11.8 Å². The van der Waals surface area contributed by atoms with E-state index in [1.54, 1.807) is 7.11 Å². The van der Waals surface area contributed by atoms with Gasteiger partial charge >= 0.3 is 0 Å². The number of hydrogen-bond donors (Lipinski definition) is 1. The van der Waals surface area contributed by atoms with E-state index in [2.05, 4.69) is 30.4 Å². The molecule has 0 aromatic heterocycles. The first-order valence-corrected chi connectivity index (χ1v) is 8.23. The Balaban J connectivity index is 1.88. The first-order chi connectivity index (χ1) is 9.83. The molecule has 0 amide bonds. The van der Waals surface area contributed by atoms with E-state index in [9.17, 15) is 0 Å². The van der Waals surface area contributed by atoms with Gasteiger partial charge in [0.1, 0.15) is 5.75 Å². The van der Waals surface area contributed by atoms with E-state index in [1.807, 2.05) is 0 Å². The second-order valence-electron chi connectivity index (χ2n) is 6.36. The highest BCUT2D eigenvalue weighted by molar-refractivity contribution is 5.39. The summed E-state index contributed by atoms with van der Waals surface area (Å²) in [5.41, 5.74) is 3.02. The Morgan fingerprint density at radius 2 is 2.10 bits per heavy atom. The summed E-state index contributed by atoms with van der Waals surface area (Å²) in [4.78, 5) is 0. The van der Waals surface area contributed by atoms with Crippen LogP contribution < -0.4 is 10.1 Å². The molecule has 2 heteroatoms. The normalized spacial score (nSPS) is 29.8. The molecule has 1 fully saturated rings. The van der Waals surface area contributed by atoms with Gasteiger partial charge in [-0.25, -0.2) is 0 Å². The first-order valence-electron chi connectivity index (χ1n) is 8.23. The Hall–Kier alpha value is -1.02. The van der Waals surface area contributed by atoms with E-state index in [0.717, 1.165) is 30.6 Å². The Labute approximate surface area is 122 Å². The highest BCUT2D eigenvalue weighted by Crippen LogP contribution is 2.42. The van der Waals surface area contributed by atoms with Gasteiger partial charge in [0.05, 0.1) is 7.11 Å². The van der Waals surface area contributed by atoms with Gasteiger partial charge in [0.25, 0.3) is 0 Å². The van der Waals surface area contributed by atoms with Crippen molar-refractivity contribution in [3.05, 3.63) is 29.3 Å². The molecule has 2 aliphatic rings. The monoisotopic (exact) mass is 273 g/mol. The van der Waals surface area contributed by atoms with Crippen molar-refractivity contribution in [2.45, 2.75) is 51.5 Å². The average molecular weight is 273 g/mol. The predicted octanol–water partition coefficient (Wildman–Crippen LogP) is 4.10. The summed E-state index contributed by atoms with van der Waals surface area (Å²) in [5.74, 6) is 2.72. The maximum atomic E-state index is 5.38. The summed E-state index contributed by atoms with van der Waals surface area (Å²) in [6, 6.07) is 7.23. The lowest BCUT2D eigenvalue weighted by atomic mass is 9.71. The number of rotatable bonds is 3. The van der Waals surface area contributed by atoms with Crippen molar-refractivity contribution < 1.29 is 4.74 Å². The van der Waals surface area contributed by atoms with Crippen LogP contribution in [0.3, 0.4) is 0 Å². The second kappa shape index (κ2) is 6.17. The second-order valence-corrected chi connectivity index (χ2v) is 6.36. The molecule has 1 aliphatic carbocycles. The number of ether oxygens (including phenoxy) is 1. The van der Waals surface area contributed by atoms with Gasteiger partial charge in [0, 0.05) is 6.04 Å². The maximum Gasteiger partial charge on any atom is 0.119 e. The fraction of sp³-hybridized carbons (Fsp3) is 0.667. The van der Waals surface area contributed by atoms with E-state index in [4.69, 9.17) is 4.74 Å². The molecule has 20 heavy (non-hydrogen) atoms. The van der Waals surface area contributed by atoms with Gasteiger partial charge in [-0.15, -0.1) is 0 Å². The fourth-order valence-electron chi connectivity index (χ4n) is 4.27. The summed E-state index contributed by atoms with van der Waals surface area (Å²) < 4.78 is 5.38. The van der Waals surface area contributed by atoms with E-state index >= 15 is 0 Å². The Morgan fingerprint density at radius 3 is 2.90 bits per heavy atom. The Morgan fingerprint density at radius 1 is 1.25 bits per heavy atom. The minimum absolute atomic E-state index is 0.565. The van der Waals surface area contributed by atoms with Crippen molar-refractivity contribution in [2.24, 2.45) is 11.8 Å². The van der Waals surface area contributed by atoms with E-state index < -0.39 is 0 Å². The van der Waals surface area contributed by atoms with Crippen LogP contribution in [-0.4, -0.2) is 13.7 Å². The van der Waals surface area contributed by atoms with Crippen LogP contribution in [-0.2, 0) is 6.42 Å². The largest absolute Gasteiger partial charge is 0.497 e. The van der Waals surface area contributed by atoms with Crippen molar-refractivity contribution in [2.75, 3.05) is 13.7 Å². The van der Waals surface area contributed by atoms with Gasteiger partial charge in [-0.3, -0.25) is 0 Å². The highest BCUT2D eigenvalue weighted by Gasteiger charge is 2.33. The highest BCUT2D eigenvalue weighted by atomic mass is 16.5. The van der Waals surface area contributed by atoms with Crippen LogP contribution >= 0.6 is 0 Å². The van der Waals surface area contributed by atoms with Gasteiger partial charge in [-0.05, 0) is 54.5 Å². The summed E-state index contributed by atoms with van der Waals surface area (Å²) in [6.45, 7) is 3.47. The van der Waals surface area contributed by atoms with Gasteiger partial charge in [0.2, 0.25) is 0 Å². The summed E-state index contributed by atoms with van der Waals surface area (Å²) in [7, 11) is 1.76. The lowest BCUT2D eigenvalue weighted by Gasteiger charge is -2.40. The molecule has 0 radical (unpaired) electrons. The van der Waals surface area contributed by atoms with Crippen molar-refractivity contribution in [1.29, 1.82) is 0 Å². The molecule has 0 saturated heterocycles. The number of fused-ring (bicyclic) bond motifs is 1. The van der Waals surface area contributed by atoms with E-state index in [-0.39, 0.29) is 0 Å². The molecule has 1 aromatic carbocycles. The number of nitrogens with one attached hydrogen (secondary N) is 1. The first kappa shape index (κ1) is 13.9. The molecule has 1 heterocycles. The minimum Gasteiger partial charge on any atom is -0.497 e. The van der Waals surface area contributed by atoms with Crippen LogP contribution in [0.1, 0.15) is 56.2 Å². The molecule has 1 N–H and O–H groups in total. The third kappa shape index (κ3) is 2.58. The van der Waals surface area contributed by atoms with Crippen molar-refractivity contribution >= 4 is 0 Å². The van der Waals surface area contributed by atoms with Crippen LogP contribution in [0.15, 0.2) is 18.2 Å². The van der Waals surface area contributed by atoms with Crippen LogP contribution in [0.2, 0.25) is 0 Å². The topological polar surface area (TPSA) is 21.3 Å². The molecule has 3 unspecified atom stereocenters. The third-order valence-corrected chi connectivity index (χ3v) is 5.36. The van der Waals surface area contributed by atoms with Crippen molar-refractivity contribution in [1.82, 2.24) is 5.32 Å². The van der Waals surface area contributed by atoms with Gasteiger partial charge in [-0.1, -0.05) is 38.7 Å². The summed E-state index contributed by atoms with van der Waals surface area (Å²) in [6.07, 6.45) is 8.11. The Kier molecular flexibility index (Phi) is 4.30. The summed E-state index contributed by atoms with van der Waals surface area (Å²) in [5, 5.41) is 3.81. The molecular formula is C18H27NO. The number of hydrogen-bond acceptors (Lipinski definition) is 2. The van der Waals surface area contributed by atoms with Gasteiger partial charge in [0.15, 0.2) is 0 Å². The number of benzene rings is 1. The zero-order valence-electron chi connectivity index (χ0n) is 12.8. The quantitative estimate of drug-likeness (QED) is 0.895. The van der Waals surface area contributed by atoms with Crippen LogP contribution in [0.25, 0.3) is 0 Å². The van der Waals surface area contributed by atoms with E-state index in [1.165, 1.54) is 43.2 Å². The zero-order chi connectivity index (χ0) is 13.9. The molecule has 0 spiro atoms. The summed E-state index contributed by atoms with van der Waals surface area (Å²) >= 11 is 0. The lowest BCUT2D eigenvalue weighted by molar-refractivity contribution is 0.171. The van der Waals surface area contributed by atoms with Crippen molar-refractivity contribution in [3.63, 3.8) is 0 Å². The molecule has 3 atom stereocenters. The molecule has 3 rings (SSSR count). The Bertz CT molecular complexity index is 457. The predicted molar refractivity (Wildman–Crippen MR) is 83.2 cm³/mol. The molecule has 110 valence electrons. The standard InChI is InChI=1S/C18H27NO/c1-3-13-6-4-5-7-16(13)18-17-9-8-15(20-2)12-14(17)10-11-19-18/h8-9,12-13,16,18-19H,3-7,10-11H2,1-2H3. The average Bonchev–Trinajstić information content (AvgIpc) is 2.53. The molecule has 2 nitrogen and oxygen atoms in total. The van der Waals surface area contributed by atoms with Gasteiger partial charge < -0.3 is 10.1 Å². The lowest BCUT2D eigenvalue weighted by Crippen LogP contribution is -2.38. The molecule has 1 aliphatic heterocycles. The molecule has 1 aromatic rings. The smallest absolute Gasteiger partial charge is 0.119 e. The third-order valence-electron chi connectivity index (χ3n) is 5.36.